The number of aryl methyl sites for hydroxylation is 1. The summed E-state index contributed by atoms with van der Waals surface area (Å²) in [5.74, 6) is 1.25. The lowest BCUT2D eigenvalue weighted by molar-refractivity contribution is 0.288. The second-order valence-corrected chi connectivity index (χ2v) is 6.31. The van der Waals surface area contributed by atoms with Gasteiger partial charge in [-0.25, -0.2) is 9.97 Å². The third kappa shape index (κ3) is 3.38. The van der Waals surface area contributed by atoms with Crippen molar-refractivity contribution in [1.82, 2.24) is 15.0 Å². The summed E-state index contributed by atoms with van der Waals surface area (Å²) in [6.45, 7) is 0.399. The van der Waals surface area contributed by atoms with Gasteiger partial charge in [0.15, 0.2) is 0 Å². The highest BCUT2D eigenvalue weighted by Crippen LogP contribution is 2.37. The molecular formula is C21H21N3O2. The molecule has 0 unspecified atom stereocenters. The number of aromatic nitrogens is 3. The molecule has 132 valence electrons. The Morgan fingerprint density at radius 1 is 0.962 bits per heavy atom. The van der Waals surface area contributed by atoms with Gasteiger partial charge in [0.25, 0.3) is 0 Å². The van der Waals surface area contributed by atoms with E-state index in [9.17, 15) is 0 Å². The van der Waals surface area contributed by atoms with Crippen LogP contribution in [0.2, 0.25) is 0 Å². The van der Waals surface area contributed by atoms with Gasteiger partial charge in [0, 0.05) is 29.7 Å². The molecule has 0 atom stereocenters. The number of fused-ring (bicyclic) bond motifs is 1. The second-order valence-electron chi connectivity index (χ2n) is 6.31. The summed E-state index contributed by atoms with van der Waals surface area (Å²) in [7, 11) is 1.65. The summed E-state index contributed by atoms with van der Waals surface area (Å²) in [5, 5.41) is 0. The van der Waals surface area contributed by atoms with Crippen LogP contribution in [0.25, 0.3) is 11.1 Å². The van der Waals surface area contributed by atoms with E-state index in [1.807, 2.05) is 36.4 Å². The summed E-state index contributed by atoms with van der Waals surface area (Å²) in [5.41, 5.74) is 5.38. The second kappa shape index (κ2) is 7.52. The van der Waals surface area contributed by atoms with Crippen molar-refractivity contribution in [1.29, 1.82) is 0 Å². The SMILES string of the molecule is COc1ncccc1-c1cc(OCc2ccccn2)nc2c1CCCC2. The molecule has 3 aromatic heterocycles. The quantitative estimate of drug-likeness (QED) is 0.698. The van der Waals surface area contributed by atoms with E-state index in [1.165, 1.54) is 12.0 Å². The number of hydrogen-bond donors (Lipinski definition) is 0. The standard InChI is InChI=1S/C21H21N3O2/c1-25-21-17(9-6-12-23-21)18-13-20(24-19-10-3-2-8-16(18)19)26-14-15-7-4-5-11-22-15/h4-7,9,11-13H,2-3,8,10,14H2,1H3. The fraction of sp³-hybridized carbons (Fsp3) is 0.286. The summed E-state index contributed by atoms with van der Waals surface area (Å²) in [6.07, 6.45) is 7.85. The lowest BCUT2D eigenvalue weighted by Crippen LogP contribution is -2.10. The molecule has 0 saturated carbocycles. The van der Waals surface area contributed by atoms with Crippen LogP contribution in [0, 0.1) is 0 Å². The number of methoxy groups -OCH3 is 1. The van der Waals surface area contributed by atoms with E-state index >= 15 is 0 Å². The molecule has 0 aliphatic heterocycles. The first-order chi connectivity index (χ1) is 12.8. The molecule has 0 fully saturated rings. The smallest absolute Gasteiger partial charge is 0.221 e. The Hall–Kier alpha value is -2.95. The molecule has 3 heterocycles. The molecule has 0 spiro atoms. The van der Waals surface area contributed by atoms with Crippen molar-refractivity contribution in [3.8, 4) is 22.9 Å². The van der Waals surface area contributed by atoms with Crippen LogP contribution in [0.5, 0.6) is 11.8 Å². The number of rotatable bonds is 5. The van der Waals surface area contributed by atoms with Gasteiger partial charge in [-0.2, -0.15) is 0 Å². The van der Waals surface area contributed by atoms with Crippen LogP contribution in [0.4, 0.5) is 0 Å². The molecule has 0 aromatic carbocycles. The topological polar surface area (TPSA) is 57.1 Å². The maximum Gasteiger partial charge on any atom is 0.221 e. The van der Waals surface area contributed by atoms with E-state index in [0.717, 1.165) is 41.8 Å². The Morgan fingerprint density at radius 2 is 1.85 bits per heavy atom. The molecular weight excluding hydrogens is 326 g/mol. The minimum Gasteiger partial charge on any atom is -0.481 e. The zero-order valence-corrected chi connectivity index (χ0v) is 14.8. The molecule has 1 aliphatic carbocycles. The molecule has 0 radical (unpaired) electrons. The largest absolute Gasteiger partial charge is 0.481 e. The number of hydrogen-bond acceptors (Lipinski definition) is 5. The normalized spacial score (nSPS) is 13.1. The third-order valence-corrected chi connectivity index (χ3v) is 4.63. The van der Waals surface area contributed by atoms with Gasteiger partial charge < -0.3 is 9.47 Å². The van der Waals surface area contributed by atoms with Gasteiger partial charge in [-0.05, 0) is 61.1 Å². The zero-order chi connectivity index (χ0) is 17.8. The van der Waals surface area contributed by atoms with Gasteiger partial charge in [-0.3, -0.25) is 4.98 Å². The highest BCUT2D eigenvalue weighted by Gasteiger charge is 2.20. The number of pyridine rings is 3. The predicted octanol–water partition coefficient (Wildman–Crippen LogP) is 4.01. The van der Waals surface area contributed by atoms with Crippen molar-refractivity contribution in [2.75, 3.05) is 7.11 Å². The average molecular weight is 347 g/mol. The molecule has 4 rings (SSSR count). The summed E-state index contributed by atoms with van der Waals surface area (Å²) < 4.78 is 11.4. The summed E-state index contributed by atoms with van der Waals surface area (Å²) in [6, 6.07) is 11.8. The molecule has 1 aliphatic rings. The molecule has 26 heavy (non-hydrogen) atoms. The highest BCUT2D eigenvalue weighted by atomic mass is 16.5. The van der Waals surface area contributed by atoms with E-state index in [2.05, 4.69) is 9.97 Å². The van der Waals surface area contributed by atoms with E-state index in [0.29, 0.717) is 18.4 Å². The first-order valence-electron chi connectivity index (χ1n) is 8.90. The lowest BCUT2D eigenvalue weighted by atomic mass is 9.89. The fourth-order valence-corrected chi connectivity index (χ4v) is 3.38. The molecule has 0 saturated heterocycles. The Labute approximate surface area is 153 Å². The third-order valence-electron chi connectivity index (χ3n) is 4.63. The minimum atomic E-state index is 0.399. The maximum absolute atomic E-state index is 5.96. The Balaban J connectivity index is 1.72. The fourth-order valence-electron chi connectivity index (χ4n) is 3.38. The molecule has 0 amide bonds. The van der Waals surface area contributed by atoms with Crippen molar-refractivity contribution in [2.45, 2.75) is 32.3 Å². The van der Waals surface area contributed by atoms with Crippen LogP contribution in [-0.2, 0) is 19.4 Å². The van der Waals surface area contributed by atoms with Crippen LogP contribution in [-0.4, -0.2) is 22.1 Å². The molecule has 5 heteroatoms. The Kier molecular flexibility index (Phi) is 4.78. The lowest BCUT2D eigenvalue weighted by Gasteiger charge is -2.21. The van der Waals surface area contributed by atoms with E-state index in [1.54, 1.807) is 19.5 Å². The Bertz CT molecular complexity index is 897. The zero-order valence-electron chi connectivity index (χ0n) is 14.8. The maximum atomic E-state index is 5.96. The van der Waals surface area contributed by atoms with Gasteiger partial charge in [0.2, 0.25) is 11.8 Å². The van der Waals surface area contributed by atoms with Crippen LogP contribution in [0.15, 0.2) is 48.8 Å². The van der Waals surface area contributed by atoms with Crippen LogP contribution in [0.1, 0.15) is 29.8 Å². The van der Waals surface area contributed by atoms with Gasteiger partial charge in [-0.15, -0.1) is 0 Å². The van der Waals surface area contributed by atoms with E-state index in [-0.39, 0.29) is 0 Å². The van der Waals surface area contributed by atoms with Crippen molar-refractivity contribution in [3.63, 3.8) is 0 Å². The Morgan fingerprint density at radius 3 is 2.69 bits per heavy atom. The average Bonchev–Trinajstić information content (AvgIpc) is 2.72. The van der Waals surface area contributed by atoms with E-state index < -0.39 is 0 Å². The molecule has 5 nitrogen and oxygen atoms in total. The monoisotopic (exact) mass is 347 g/mol. The number of nitrogens with zero attached hydrogens (tertiary/aromatic N) is 3. The van der Waals surface area contributed by atoms with Crippen LogP contribution in [0.3, 0.4) is 0 Å². The van der Waals surface area contributed by atoms with Gasteiger partial charge in [0.05, 0.1) is 12.8 Å². The van der Waals surface area contributed by atoms with Crippen molar-refractivity contribution in [3.05, 3.63) is 65.7 Å². The van der Waals surface area contributed by atoms with Crippen molar-refractivity contribution in [2.24, 2.45) is 0 Å². The van der Waals surface area contributed by atoms with Gasteiger partial charge >= 0.3 is 0 Å². The first kappa shape index (κ1) is 16.5. The molecule has 3 aromatic rings. The molecule has 0 bridgehead atoms. The minimum absolute atomic E-state index is 0.399. The van der Waals surface area contributed by atoms with E-state index in [4.69, 9.17) is 14.5 Å². The molecule has 0 N–H and O–H groups in total. The van der Waals surface area contributed by atoms with Gasteiger partial charge in [0.1, 0.15) is 6.61 Å². The summed E-state index contributed by atoms with van der Waals surface area (Å²) in [4.78, 5) is 13.4. The van der Waals surface area contributed by atoms with Gasteiger partial charge in [-0.1, -0.05) is 6.07 Å². The highest BCUT2D eigenvalue weighted by molar-refractivity contribution is 5.73. The van der Waals surface area contributed by atoms with Crippen LogP contribution < -0.4 is 9.47 Å². The van der Waals surface area contributed by atoms with Crippen LogP contribution >= 0.6 is 0 Å². The first-order valence-corrected chi connectivity index (χ1v) is 8.90. The number of ether oxygens (including phenoxy) is 2. The van der Waals surface area contributed by atoms with Crippen molar-refractivity contribution >= 4 is 0 Å². The van der Waals surface area contributed by atoms with Crippen molar-refractivity contribution < 1.29 is 9.47 Å². The summed E-state index contributed by atoms with van der Waals surface area (Å²) >= 11 is 0. The predicted molar refractivity (Wildman–Crippen MR) is 99.2 cm³/mol.